The Labute approximate surface area is 172 Å². The number of aromatic nitrogens is 3. The largest absolute Gasteiger partial charge is 0.477 e. The van der Waals surface area contributed by atoms with E-state index in [1.807, 2.05) is 17.5 Å². The van der Waals surface area contributed by atoms with E-state index < -0.39 is 23.3 Å². The number of fused-ring (bicyclic) bond motifs is 1. The van der Waals surface area contributed by atoms with Crippen LogP contribution in [0.2, 0.25) is 0 Å². The lowest BCUT2D eigenvalue weighted by molar-refractivity contribution is -0.150. The molecule has 2 aliphatic rings. The molecule has 4 rings (SSSR count). The molecule has 1 fully saturated rings. The molecular weight excluding hydrogens is 422 g/mol. The Bertz CT molecular complexity index is 928. The minimum absolute atomic E-state index is 0.00419. The number of carboxylic acids is 1. The van der Waals surface area contributed by atoms with Crippen LogP contribution in [0.25, 0.3) is 0 Å². The van der Waals surface area contributed by atoms with Crippen LogP contribution >= 0.6 is 34.9 Å². The van der Waals surface area contributed by atoms with E-state index in [2.05, 4.69) is 20.5 Å². The van der Waals surface area contributed by atoms with Crippen LogP contribution in [0.3, 0.4) is 0 Å². The number of rotatable bonds is 7. The maximum absolute atomic E-state index is 12.6. The summed E-state index contributed by atoms with van der Waals surface area (Å²) in [6.45, 7) is 0. The number of thiophene rings is 1. The van der Waals surface area contributed by atoms with Gasteiger partial charge in [-0.2, -0.15) is 5.10 Å². The summed E-state index contributed by atoms with van der Waals surface area (Å²) >= 11 is 4.26. The van der Waals surface area contributed by atoms with Gasteiger partial charge in [0.2, 0.25) is 5.91 Å². The number of amides is 2. The fraction of sp³-hybridized carbons (Fsp3) is 0.312. The number of aromatic amines is 1. The first-order valence-electron chi connectivity index (χ1n) is 8.24. The summed E-state index contributed by atoms with van der Waals surface area (Å²) in [5.41, 5.74) is 0.649. The molecule has 2 amide bonds. The predicted octanol–water partition coefficient (Wildman–Crippen LogP) is 0.940. The van der Waals surface area contributed by atoms with Gasteiger partial charge < -0.3 is 10.4 Å². The molecule has 0 spiro atoms. The van der Waals surface area contributed by atoms with Crippen molar-refractivity contribution in [1.82, 2.24) is 25.4 Å². The Hall–Kier alpha value is -2.31. The van der Waals surface area contributed by atoms with Gasteiger partial charge in [-0.15, -0.1) is 23.1 Å². The normalized spacial score (nSPS) is 21.3. The average molecular weight is 438 g/mol. The van der Waals surface area contributed by atoms with E-state index in [-0.39, 0.29) is 18.0 Å². The van der Waals surface area contributed by atoms with Crippen LogP contribution in [0.4, 0.5) is 0 Å². The van der Waals surface area contributed by atoms with Crippen molar-refractivity contribution in [3.8, 4) is 0 Å². The third-order valence-electron chi connectivity index (χ3n) is 4.26. The number of hydrogen-bond donors (Lipinski definition) is 3. The van der Waals surface area contributed by atoms with Gasteiger partial charge in [-0.1, -0.05) is 17.8 Å². The minimum Gasteiger partial charge on any atom is -0.477 e. The molecule has 9 nitrogen and oxygen atoms in total. The molecule has 3 N–H and O–H groups in total. The second-order valence-corrected chi connectivity index (χ2v) is 9.15. The molecular formula is C16H15N5O4S3. The highest BCUT2D eigenvalue weighted by atomic mass is 32.2. The summed E-state index contributed by atoms with van der Waals surface area (Å²) < 4.78 is 0. The molecule has 2 atom stereocenters. The number of carbonyl (C=O) groups is 3. The number of nitrogens with zero attached hydrogens (tertiary/aromatic N) is 3. The van der Waals surface area contributed by atoms with Crippen LogP contribution in [0, 0.1) is 0 Å². The first-order valence-corrected chi connectivity index (χ1v) is 11.2. The van der Waals surface area contributed by atoms with Gasteiger partial charge in [-0.05, 0) is 17.0 Å². The Morgan fingerprint density at radius 3 is 3.00 bits per heavy atom. The summed E-state index contributed by atoms with van der Waals surface area (Å²) in [5.74, 6) is -0.926. The molecule has 0 aliphatic carbocycles. The van der Waals surface area contributed by atoms with Crippen molar-refractivity contribution < 1.29 is 19.5 Å². The molecule has 2 aliphatic heterocycles. The highest BCUT2D eigenvalue weighted by Crippen LogP contribution is 2.41. The number of aliphatic carboxylic acids is 1. The number of carbonyl (C=O) groups excluding carboxylic acids is 2. The molecule has 0 radical (unpaired) electrons. The Morgan fingerprint density at radius 2 is 2.32 bits per heavy atom. The standard InChI is InChI=1S/C16H15N5O4S3/c22-10(4-9-2-1-3-26-9)19-11-13(23)21-12(15(24)25)8(5-27-14(11)21)6-28-16-17-7-18-20-16/h1-3,7,11,14H,4-6H2,(H,19,22)(H,24,25)(H,17,18,20)/t11-,14-/m0/s1. The smallest absolute Gasteiger partial charge is 0.352 e. The summed E-state index contributed by atoms with van der Waals surface area (Å²) in [6, 6.07) is 3.02. The van der Waals surface area contributed by atoms with Crippen molar-refractivity contribution in [2.45, 2.75) is 23.0 Å². The molecule has 146 valence electrons. The highest BCUT2D eigenvalue weighted by molar-refractivity contribution is 8.01. The number of nitrogens with one attached hydrogen (secondary N) is 2. The monoisotopic (exact) mass is 437 g/mol. The molecule has 12 heteroatoms. The van der Waals surface area contributed by atoms with Crippen molar-refractivity contribution in [2.24, 2.45) is 0 Å². The van der Waals surface area contributed by atoms with Crippen molar-refractivity contribution in [1.29, 1.82) is 0 Å². The first kappa shape index (κ1) is 19.0. The van der Waals surface area contributed by atoms with Gasteiger partial charge in [0.15, 0.2) is 5.16 Å². The quantitative estimate of drug-likeness (QED) is 0.431. The van der Waals surface area contributed by atoms with E-state index in [4.69, 9.17) is 0 Å². The van der Waals surface area contributed by atoms with Gasteiger partial charge in [0.05, 0.1) is 6.42 Å². The van der Waals surface area contributed by atoms with Gasteiger partial charge >= 0.3 is 5.97 Å². The zero-order valence-corrected chi connectivity index (χ0v) is 16.8. The topological polar surface area (TPSA) is 128 Å². The first-order chi connectivity index (χ1) is 13.5. The van der Waals surface area contributed by atoms with E-state index in [1.54, 1.807) is 0 Å². The zero-order valence-electron chi connectivity index (χ0n) is 14.3. The van der Waals surface area contributed by atoms with Gasteiger partial charge in [0, 0.05) is 16.4 Å². The maximum Gasteiger partial charge on any atom is 0.352 e. The van der Waals surface area contributed by atoms with E-state index in [9.17, 15) is 19.5 Å². The van der Waals surface area contributed by atoms with Crippen LogP contribution < -0.4 is 5.32 Å². The van der Waals surface area contributed by atoms with E-state index in [1.165, 1.54) is 46.1 Å². The van der Waals surface area contributed by atoms with Gasteiger partial charge in [0.1, 0.15) is 23.4 Å². The lowest BCUT2D eigenvalue weighted by Gasteiger charge is -2.49. The Kier molecular flexibility index (Phi) is 5.42. The zero-order chi connectivity index (χ0) is 19.7. The van der Waals surface area contributed by atoms with Crippen LogP contribution in [0.15, 0.2) is 40.3 Å². The second kappa shape index (κ2) is 7.97. The highest BCUT2D eigenvalue weighted by Gasteiger charge is 2.54. The molecule has 1 saturated heterocycles. The number of carboxylic acid groups (broad SMARTS) is 1. The van der Waals surface area contributed by atoms with Crippen LogP contribution in [-0.4, -0.2) is 65.9 Å². The third-order valence-corrected chi connectivity index (χ3v) is 7.44. The van der Waals surface area contributed by atoms with Crippen LogP contribution in [0.1, 0.15) is 4.88 Å². The molecule has 0 unspecified atom stereocenters. The molecule has 0 saturated carbocycles. The number of H-pyrrole nitrogens is 1. The number of thioether (sulfide) groups is 2. The lowest BCUT2D eigenvalue weighted by Crippen LogP contribution is -2.70. The van der Waals surface area contributed by atoms with Crippen LogP contribution in [-0.2, 0) is 20.8 Å². The fourth-order valence-electron chi connectivity index (χ4n) is 3.01. The molecule has 0 aromatic carbocycles. The minimum atomic E-state index is -1.14. The van der Waals surface area contributed by atoms with E-state index >= 15 is 0 Å². The fourth-order valence-corrected chi connectivity index (χ4v) is 5.98. The number of β-lactam (4-membered cyclic amide) rings is 1. The van der Waals surface area contributed by atoms with E-state index in [0.29, 0.717) is 22.2 Å². The van der Waals surface area contributed by atoms with Crippen molar-refractivity contribution in [2.75, 3.05) is 11.5 Å². The van der Waals surface area contributed by atoms with Crippen LogP contribution in [0.5, 0.6) is 0 Å². The summed E-state index contributed by atoms with van der Waals surface area (Å²) in [6.07, 6.45) is 1.59. The van der Waals surface area contributed by atoms with E-state index in [0.717, 1.165) is 4.88 Å². The SMILES string of the molecule is O=C(Cc1cccs1)N[C@H]1C(=O)N2C(C(=O)O)=C(CSc3ncn[nH]3)CS[C@@H]12. The van der Waals surface area contributed by atoms with Gasteiger partial charge in [0.25, 0.3) is 5.91 Å². The molecule has 2 aromatic heterocycles. The predicted molar refractivity (Wildman–Crippen MR) is 105 cm³/mol. The Balaban J connectivity index is 1.44. The molecule has 0 bridgehead atoms. The Morgan fingerprint density at radius 1 is 1.46 bits per heavy atom. The molecule has 2 aromatic rings. The molecule has 28 heavy (non-hydrogen) atoms. The summed E-state index contributed by atoms with van der Waals surface area (Å²) in [5, 5.41) is 20.9. The van der Waals surface area contributed by atoms with Crippen molar-refractivity contribution >= 4 is 52.6 Å². The van der Waals surface area contributed by atoms with Crippen molar-refractivity contribution in [3.63, 3.8) is 0 Å². The second-order valence-electron chi connectivity index (χ2n) is 6.05. The summed E-state index contributed by atoms with van der Waals surface area (Å²) in [7, 11) is 0. The third kappa shape index (κ3) is 3.66. The number of hydrogen-bond acceptors (Lipinski definition) is 8. The summed E-state index contributed by atoms with van der Waals surface area (Å²) in [4.78, 5) is 42.8. The lowest BCUT2D eigenvalue weighted by atomic mass is 10.0. The van der Waals surface area contributed by atoms with Gasteiger partial charge in [-0.3, -0.25) is 19.6 Å². The average Bonchev–Trinajstić information content (AvgIpc) is 3.37. The van der Waals surface area contributed by atoms with Gasteiger partial charge in [-0.25, -0.2) is 9.78 Å². The molecule has 4 heterocycles. The maximum atomic E-state index is 12.6. The van der Waals surface area contributed by atoms with Crippen molar-refractivity contribution in [3.05, 3.63) is 40.0 Å².